The highest BCUT2D eigenvalue weighted by Gasteiger charge is 2.63. The van der Waals surface area contributed by atoms with Gasteiger partial charge in [0, 0.05) is 5.56 Å². The van der Waals surface area contributed by atoms with Gasteiger partial charge in [0.05, 0.1) is 21.3 Å². The summed E-state index contributed by atoms with van der Waals surface area (Å²) >= 11 is 12.3. The van der Waals surface area contributed by atoms with Crippen LogP contribution in [0.4, 0.5) is 17.6 Å². The average molecular weight is 498 g/mol. The summed E-state index contributed by atoms with van der Waals surface area (Å²) in [5.74, 6) is -2.16. The summed E-state index contributed by atoms with van der Waals surface area (Å²) in [7, 11) is 0. The topological polar surface area (TPSA) is 58.9 Å². The lowest BCUT2D eigenvalue weighted by Gasteiger charge is -2.29. The Labute approximate surface area is 189 Å². The minimum atomic E-state index is -4.92. The lowest BCUT2D eigenvalue weighted by atomic mass is 9.87. The molecular weight excluding hydrogens is 481 g/mol. The van der Waals surface area contributed by atoms with Crippen molar-refractivity contribution in [3.05, 3.63) is 54.4 Å². The Morgan fingerprint density at radius 3 is 2.32 bits per heavy atom. The first-order chi connectivity index (χ1) is 14.5. The van der Waals surface area contributed by atoms with Crippen LogP contribution in [-0.2, 0) is 23.3 Å². The van der Waals surface area contributed by atoms with Crippen LogP contribution in [0.2, 0.25) is 10.0 Å². The van der Waals surface area contributed by atoms with Crippen LogP contribution < -0.4 is 0 Å². The van der Waals surface area contributed by atoms with E-state index in [4.69, 9.17) is 28.0 Å². The Kier molecular flexibility index (Phi) is 6.60. The molecule has 1 N–H and O–H groups in total. The third-order valence-corrected chi connectivity index (χ3v) is 6.92. The van der Waals surface area contributed by atoms with Gasteiger partial charge in [0.1, 0.15) is 10.6 Å². The zero-order valence-electron chi connectivity index (χ0n) is 16.4. The number of oxime groups is 1. The van der Waals surface area contributed by atoms with Crippen LogP contribution >= 0.6 is 34.5 Å². The van der Waals surface area contributed by atoms with E-state index in [9.17, 15) is 27.5 Å². The second kappa shape index (κ2) is 8.60. The molecule has 0 spiro atoms. The summed E-state index contributed by atoms with van der Waals surface area (Å²) in [6.07, 6.45) is -3.80. The first-order valence-corrected chi connectivity index (χ1v) is 11.0. The van der Waals surface area contributed by atoms with Crippen molar-refractivity contribution in [1.29, 1.82) is 0 Å². The molecule has 2 aliphatic rings. The van der Waals surface area contributed by atoms with Gasteiger partial charge in [-0.05, 0) is 42.5 Å². The third-order valence-electron chi connectivity index (χ3n) is 5.06. The van der Waals surface area contributed by atoms with Crippen LogP contribution in [0.5, 0.6) is 0 Å². The second-order valence-corrected chi connectivity index (χ2v) is 8.60. The second-order valence-electron chi connectivity index (χ2n) is 6.76. The smallest absolute Gasteiger partial charge is 0.435 e. The van der Waals surface area contributed by atoms with Gasteiger partial charge in [-0.15, -0.1) is 11.3 Å². The first-order valence-electron chi connectivity index (χ1n) is 9.40. The maximum atomic E-state index is 14.1. The molecule has 1 aromatic heterocycles. The monoisotopic (exact) mass is 497 g/mol. The maximum Gasteiger partial charge on any atom is 0.435 e. The number of aromatic carboxylic acids is 1. The molecule has 0 amide bonds. The van der Waals surface area contributed by atoms with Gasteiger partial charge in [-0.3, -0.25) is 0 Å². The minimum absolute atomic E-state index is 0.00505. The zero-order chi connectivity index (χ0) is 23.1. The number of thiophene rings is 1. The molecule has 11 heteroatoms. The van der Waals surface area contributed by atoms with E-state index < -0.39 is 45.6 Å². The number of hydrogen-bond acceptors (Lipinski definition) is 4. The number of benzene rings is 1. The Morgan fingerprint density at radius 2 is 1.77 bits per heavy atom. The number of carbonyl (C=O) groups is 1. The lowest BCUT2D eigenvalue weighted by molar-refractivity contribution is -0.275. The number of carboxylic acids is 1. The van der Waals surface area contributed by atoms with Crippen LogP contribution in [0, 0.1) is 5.82 Å². The van der Waals surface area contributed by atoms with Crippen molar-refractivity contribution < 1.29 is 32.3 Å². The summed E-state index contributed by atoms with van der Waals surface area (Å²) in [4.78, 5) is 16.9. The number of alkyl halides is 3. The Bertz CT molecular complexity index is 1040. The van der Waals surface area contributed by atoms with Gasteiger partial charge < -0.3 is 9.94 Å². The van der Waals surface area contributed by atoms with E-state index in [-0.39, 0.29) is 10.6 Å². The van der Waals surface area contributed by atoms with Gasteiger partial charge in [0.25, 0.3) is 5.60 Å². The average Bonchev–Trinajstić information content (AvgIpc) is 3.41. The van der Waals surface area contributed by atoms with Crippen LogP contribution in [0.3, 0.4) is 0 Å². The number of rotatable bonds is 3. The largest absolute Gasteiger partial charge is 0.477 e. The molecule has 1 unspecified atom stereocenters. The first kappa shape index (κ1) is 23.8. The molecule has 0 bridgehead atoms. The molecule has 0 radical (unpaired) electrons. The number of nitrogens with zero attached hydrogens (tertiary/aromatic N) is 1. The lowest BCUT2D eigenvalue weighted by Crippen LogP contribution is -2.42. The molecule has 4 nitrogen and oxygen atoms in total. The zero-order valence-corrected chi connectivity index (χ0v) is 18.7. The summed E-state index contributed by atoms with van der Waals surface area (Å²) in [6, 6.07) is 1.63. The molecular formula is C20H17Cl2F4NO3S. The number of carboxylic acid groups (broad SMARTS) is 1. The fourth-order valence-electron chi connectivity index (χ4n) is 3.69. The van der Waals surface area contributed by atoms with Gasteiger partial charge >= 0.3 is 12.1 Å². The van der Waals surface area contributed by atoms with Crippen LogP contribution in [-0.4, -0.2) is 23.0 Å². The van der Waals surface area contributed by atoms with E-state index in [0.717, 1.165) is 23.5 Å². The fraction of sp³-hybridized carbons (Fsp3) is 0.400. The normalized spacial score (nSPS) is 19.9. The molecule has 4 rings (SSSR count). The highest BCUT2D eigenvalue weighted by Crippen LogP contribution is 2.51. The molecule has 1 aliphatic carbocycles. The standard InChI is InChI=1S/C18H11Cl2F4NO3S.C2H6/c19-10-4-7(5-11(20)13(10)21)17(18(22,23)24)6-12(25-28-17)14-8-2-1-3-9(8)15(29-14)16(26)27;1-2/h4-5H,1-3,6H2,(H,26,27);1-2H3. The van der Waals surface area contributed by atoms with E-state index in [1.807, 2.05) is 13.8 Å². The molecule has 1 aromatic carbocycles. The molecule has 31 heavy (non-hydrogen) atoms. The summed E-state index contributed by atoms with van der Waals surface area (Å²) < 4.78 is 56.0. The van der Waals surface area contributed by atoms with E-state index >= 15 is 0 Å². The van der Waals surface area contributed by atoms with E-state index in [1.54, 1.807) is 0 Å². The van der Waals surface area contributed by atoms with Gasteiger partial charge in [-0.2, -0.15) is 13.2 Å². The van der Waals surface area contributed by atoms with Gasteiger partial charge in [-0.1, -0.05) is 42.2 Å². The highest BCUT2D eigenvalue weighted by molar-refractivity contribution is 7.16. The van der Waals surface area contributed by atoms with Crippen molar-refractivity contribution in [3.8, 4) is 0 Å². The van der Waals surface area contributed by atoms with E-state index in [2.05, 4.69) is 5.16 Å². The van der Waals surface area contributed by atoms with Gasteiger partial charge in [-0.25, -0.2) is 9.18 Å². The van der Waals surface area contributed by atoms with Crippen LogP contribution in [0.25, 0.3) is 0 Å². The molecule has 2 aromatic rings. The molecule has 168 valence electrons. The van der Waals surface area contributed by atoms with Crippen molar-refractivity contribution in [2.45, 2.75) is 51.3 Å². The molecule has 0 saturated heterocycles. The number of fused-ring (bicyclic) bond motifs is 1. The molecule has 0 saturated carbocycles. The van der Waals surface area contributed by atoms with Crippen LogP contribution in [0.15, 0.2) is 17.3 Å². The van der Waals surface area contributed by atoms with E-state index in [0.29, 0.717) is 35.3 Å². The van der Waals surface area contributed by atoms with Crippen molar-refractivity contribution in [1.82, 2.24) is 0 Å². The maximum absolute atomic E-state index is 14.1. The van der Waals surface area contributed by atoms with E-state index in [1.165, 1.54) is 0 Å². The Morgan fingerprint density at radius 1 is 1.19 bits per heavy atom. The van der Waals surface area contributed by atoms with Crippen molar-refractivity contribution in [2.75, 3.05) is 0 Å². The third kappa shape index (κ3) is 3.91. The number of hydrogen-bond donors (Lipinski definition) is 1. The SMILES string of the molecule is CC.O=C(O)c1sc(C2=NOC(c3cc(Cl)c(F)c(Cl)c3)(C(F)(F)F)C2)c2c1CCC2. The van der Waals surface area contributed by atoms with Crippen molar-refractivity contribution in [3.63, 3.8) is 0 Å². The predicted molar refractivity (Wildman–Crippen MR) is 111 cm³/mol. The van der Waals surface area contributed by atoms with Gasteiger partial charge in [0.15, 0.2) is 5.82 Å². The Balaban J connectivity index is 0.00000132. The fourth-order valence-corrected chi connectivity index (χ4v) is 5.39. The van der Waals surface area contributed by atoms with Crippen molar-refractivity contribution in [2.24, 2.45) is 5.16 Å². The quantitative estimate of drug-likeness (QED) is 0.367. The molecule has 2 heterocycles. The molecule has 1 aliphatic heterocycles. The molecule has 0 fully saturated rings. The predicted octanol–water partition coefficient (Wildman–Crippen LogP) is 6.99. The summed E-state index contributed by atoms with van der Waals surface area (Å²) in [6.45, 7) is 4.00. The molecule has 1 atom stereocenters. The van der Waals surface area contributed by atoms with Crippen molar-refractivity contribution >= 4 is 46.2 Å². The Hall–Kier alpha value is -1.84. The minimum Gasteiger partial charge on any atom is -0.477 e. The number of halogens is 6. The van der Waals surface area contributed by atoms with Crippen LogP contribution in [0.1, 0.15) is 57.9 Å². The van der Waals surface area contributed by atoms with Gasteiger partial charge in [0.2, 0.25) is 0 Å². The summed E-state index contributed by atoms with van der Waals surface area (Å²) in [5, 5.41) is 11.9. The summed E-state index contributed by atoms with van der Waals surface area (Å²) in [5.41, 5.74) is -2.05. The highest BCUT2D eigenvalue weighted by atomic mass is 35.5.